The predicted octanol–water partition coefficient (Wildman–Crippen LogP) is 3.55. The van der Waals surface area contributed by atoms with Crippen molar-refractivity contribution in [3.8, 4) is 6.07 Å². The molecular formula is C13H18F3NO. The highest BCUT2D eigenvalue weighted by molar-refractivity contribution is 5.15. The smallest absolute Gasteiger partial charge is 0.388 e. The Morgan fingerprint density at radius 1 is 1.11 bits per heavy atom. The topological polar surface area (TPSA) is 44.0 Å². The highest BCUT2D eigenvalue weighted by atomic mass is 19.4. The highest BCUT2D eigenvalue weighted by Crippen LogP contribution is 2.54. The third-order valence-electron chi connectivity index (χ3n) is 4.75. The van der Waals surface area contributed by atoms with Gasteiger partial charge in [-0.2, -0.15) is 18.4 Å². The van der Waals surface area contributed by atoms with E-state index in [1.54, 1.807) is 0 Å². The molecule has 2 unspecified atom stereocenters. The van der Waals surface area contributed by atoms with E-state index in [0.717, 1.165) is 12.8 Å². The summed E-state index contributed by atoms with van der Waals surface area (Å²) < 4.78 is 38.4. The summed E-state index contributed by atoms with van der Waals surface area (Å²) in [4.78, 5) is 0. The van der Waals surface area contributed by atoms with E-state index in [9.17, 15) is 23.5 Å². The minimum absolute atomic E-state index is 0.0767. The summed E-state index contributed by atoms with van der Waals surface area (Å²) in [7, 11) is 0. The fourth-order valence-corrected chi connectivity index (χ4v) is 3.63. The van der Waals surface area contributed by atoms with Gasteiger partial charge in [0, 0.05) is 0 Å². The summed E-state index contributed by atoms with van der Waals surface area (Å²) in [6, 6.07) is 2.14. The summed E-state index contributed by atoms with van der Waals surface area (Å²) >= 11 is 0. The summed E-state index contributed by atoms with van der Waals surface area (Å²) in [5.74, 6) is -1.46. The zero-order chi connectivity index (χ0) is 13.4. The van der Waals surface area contributed by atoms with Crippen LogP contribution < -0.4 is 0 Å². The normalized spacial score (nSPS) is 36.3. The van der Waals surface area contributed by atoms with Crippen molar-refractivity contribution in [1.82, 2.24) is 0 Å². The van der Waals surface area contributed by atoms with E-state index in [1.807, 2.05) is 0 Å². The van der Waals surface area contributed by atoms with Crippen LogP contribution in [0.4, 0.5) is 13.2 Å². The van der Waals surface area contributed by atoms with Crippen LogP contribution in [0.15, 0.2) is 0 Å². The van der Waals surface area contributed by atoms with Crippen LogP contribution in [-0.2, 0) is 0 Å². The van der Waals surface area contributed by atoms with Crippen LogP contribution in [0.2, 0.25) is 0 Å². The molecule has 0 amide bonds. The van der Waals surface area contributed by atoms with Crippen molar-refractivity contribution in [3.63, 3.8) is 0 Å². The zero-order valence-electron chi connectivity index (χ0n) is 10.3. The van der Waals surface area contributed by atoms with Crippen molar-refractivity contribution in [2.24, 2.45) is 11.3 Å². The van der Waals surface area contributed by atoms with E-state index >= 15 is 0 Å². The van der Waals surface area contributed by atoms with E-state index < -0.39 is 23.1 Å². The second kappa shape index (κ2) is 4.41. The molecule has 18 heavy (non-hydrogen) atoms. The Morgan fingerprint density at radius 2 is 1.72 bits per heavy atom. The van der Waals surface area contributed by atoms with Crippen molar-refractivity contribution in [1.29, 1.82) is 5.26 Å². The molecule has 2 nitrogen and oxygen atoms in total. The van der Waals surface area contributed by atoms with Gasteiger partial charge in [0.15, 0.2) is 0 Å². The van der Waals surface area contributed by atoms with Crippen LogP contribution in [0, 0.1) is 22.7 Å². The number of hydrogen-bond acceptors (Lipinski definition) is 2. The first-order valence-corrected chi connectivity index (χ1v) is 6.53. The molecule has 2 saturated carbocycles. The quantitative estimate of drug-likeness (QED) is 0.784. The van der Waals surface area contributed by atoms with Crippen LogP contribution in [-0.4, -0.2) is 16.9 Å². The van der Waals surface area contributed by atoms with E-state index in [0.29, 0.717) is 25.7 Å². The maximum Gasteiger partial charge on any atom is 0.391 e. The second-order valence-corrected chi connectivity index (χ2v) is 5.77. The lowest BCUT2D eigenvalue weighted by molar-refractivity contribution is -0.211. The average Bonchev–Trinajstić information content (AvgIpc) is 2.78. The number of hydrogen-bond donors (Lipinski definition) is 1. The van der Waals surface area contributed by atoms with Crippen LogP contribution in [0.5, 0.6) is 0 Å². The Kier molecular flexibility index (Phi) is 3.35. The van der Waals surface area contributed by atoms with E-state index in [-0.39, 0.29) is 12.8 Å². The maximum atomic E-state index is 12.8. The van der Waals surface area contributed by atoms with Gasteiger partial charge >= 0.3 is 6.18 Å². The molecule has 0 heterocycles. The average molecular weight is 261 g/mol. The minimum atomic E-state index is -4.26. The molecule has 0 aromatic rings. The first-order valence-electron chi connectivity index (χ1n) is 6.53. The van der Waals surface area contributed by atoms with Gasteiger partial charge in [0.05, 0.1) is 23.0 Å². The molecule has 0 saturated heterocycles. The third kappa shape index (κ3) is 2.11. The van der Waals surface area contributed by atoms with Gasteiger partial charge < -0.3 is 5.11 Å². The van der Waals surface area contributed by atoms with Gasteiger partial charge in [-0.15, -0.1) is 0 Å². The Labute approximate surface area is 105 Å². The molecule has 2 atom stereocenters. The molecule has 0 bridgehead atoms. The molecule has 0 aromatic heterocycles. The van der Waals surface area contributed by atoms with Gasteiger partial charge in [0.25, 0.3) is 0 Å². The van der Waals surface area contributed by atoms with Gasteiger partial charge in [-0.1, -0.05) is 12.8 Å². The Bertz CT molecular complexity index is 354. The Balaban J connectivity index is 2.23. The predicted molar refractivity (Wildman–Crippen MR) is 59.5 cm³/mol. The van der Waals surface area contributed by atoms with Gasteiger partial charge in [0.1, 0.15) is 0 Å². The summed E-state index contributed by atoms with van der Waals surface area (Å²) in [5, 5.41) is 20.0. The molecule has 102 valence electrons. The standard InChI is InChI=1S/C13H18F3NO/c14-13(15,16)10-4-3-7-12(18,8-10)11(9-17)5-1-2-6-11/h10,18H,1-8H2. The van der Waals surface area contributed by atoms with Gasteiger partial charge in [0.2, 0.25) is 0 Å². The molecule has 0 spiro atoms. The Hall–Kier alpha value is -0.760. The monoisotopic (exact) mass is 261 g/mol. The van der Waals surface area contributed by atoms with E-state index in [2.05, 4.69) is 6.07 Å². The molecule has 0 radical (unpaired) electrons. The van der Waals surface area contributed by atoms with Crippen molar-refractivity contribution < 1.29 is 18.3 Å². The molecule has 1 N–H and O–H groups in total. The van der Waals surface area contributed by atoms with Crippen LogP contribution in [0.1, 0.15) is 51.4 Å². The Morgan fingerprint density at radius 3 is 2.22 bits per heavy atom. The SMILES string of the molecule is N#CC1(C2(O)CCCC(C(F)(F)F)C2)CCCC1. The lowest BCUT2D eigenvalue weighted by Crippen LogP contribution is -2.51. The summed E-state index contributed by atoms with van der Waals surface area (Å²) in [6.07, 6.45) is -1.09. The summed E-state index contributed by atoms with van der Waals surface area (Å²) in [6.45, 7) is 0. The lowest BCUT2D eigenvalue weighted by Gasteiger charge is -2.46. The van der Waals surface area contributed by atoms with Gasteiger partial charge in [-0.3, -0.25) is 0 Å². The molecule has 5 heteroatoms. The van der Waals surface area contributed by atoms with E-state index in [4.69, 9.17) is 0 Å². The number of nitriles is 1. The zero-order valence-corrected chi connectivity index (χ0v) is 10.3. The summed E-state index contributed by atoms with van der Waals surface area (Å²) in [5.41, 5.74) is -2.40. The number of aliphatic hydroxyl groups is 1. The molecule has 0 aromatic carbocycles. The fraction of sp³-hybridized carbons (Fsp3) is 0.923. The maximum absolute atomic E-state index is 12.8. The number of nitrogens with zero attached hydrogens (tertiary/aromatic N) is 1. The molecule has 2 aliphatic rings. The number of halogens is 3. The molecule has 2 aliphatic carbocycles. The largest absolute Gasteiger partial charge is 0.391 e. The molecule has 0 aliphatic heterocycles. The number of rotatable bonds is 1. The third-order valence-corrected chi connectivity index (χ3v) is 4.75. The highest BCUT2D eigenvalue weighted by Gasteiger charge is 2.57. The first kappa shape index (κ1) is 13.7. The van der Waals surface area contributed by atoms with Gasteiger partial charge in [-0.25, -0.2) is 0 Å². The molecule has 2 fully saturated rings. The van der Waals surface area contributed by atoms with Crippen molar-refractivity contribution in [3.05, 3.63) is 0 Å². The van der Waals surface area contributed by atoms with Gasteiger partial charge in [-0.05, 0) is 38.5 Å². The number of alkyl halides is 3. The van der Waals surface area contributed by atoms with Crippen molar-refractivity contribution >= 4 is 0 Å². The van der Waals surface area contributed by atoms with Crippen molar-refractivity contribution in [2.45, 2.75) is 63.1 Å². The van der Waals surface area contributed by atoms with Crippen LogP contribution >= 0.6 is 0 Å². The van der Waals surface area contributed by atoms with Crippen LogP contribution in [0.25, 0.3) is 0 Å². The molecular weight excluding hydrogens is 243 g/mol. The minimum Gasteiger partial charge on any atom is -0.388 e. The van der Waals surface area contributed by atoms with Crippen molar-refractivity contribution in [2.75, 3.05) is 0 Å². The first-order chi connectivity index (χ1) is 8.33. The molecule has 2 rings (SSSR count). The van der Waals surface area contributed by atoms with E-state index in [1.165, 1.54) is 0 Å². The second-order valence-electron chi connectivity index (χ2n) is 5.77. The lowest BCUT2D eigenvalue weighted by atomic mass is 9.62. The van der Waals surface area contributed by atoms with Crippen LogP contribution in [0.3, 0.4) is 0 Å². The fourth-order valence-electron chi connectivity index (χ4n) is 3.63.